The van der Waals surface area contributed by atoms with Gasteiger partial charge in [-0.25, -0.2) is 13.2 Å². The average molecular weight is 480 g/mol. The molecule has 9 nitrogen and oxygen atoms in total. The minimum absolute atomic E-state index is 0.0213. The fourth-order valence-electron chi connectivity index (χ4n) is 4.13. The van der Waals surface area contributed by atoms with Crippen molar-refractivity contribution in [2.45, 2.75) is 49.7 Å². The Kier molecular flexibility index (Phi) is 8.01. The lowest BCUT2D eigenvalue weighted by Gasteiger charge is -2.25. The number of methoxy groups -OCH3 is 1. The molecule has 33 heavy (non-hydrogen) atoms. The van der Waals surface area contributed by atoms with Crippen LogP contribution in [0.25, 0.3) is 0 Å². The molecule has 3 rings (SSSR count). The van der Waals surface area contributed by atoms with Crippen LogP contribution in [0.15, 0.2) is 34.4 Å². The number of sulfone groups is 1. The van der Waals surface area contributed by atoms with Gasteiger partial charge in [-0.05, 0) is 44.9 Å². The van der Waals surface area contributed by atoms with Gasteiger partial charge >= 0.3 is 5.97 Å². The van der Waals surface area contributed by atoms with Gasteiger partial charge in [0, 0.05) is 25.3 Å². The first-order valence-corrected chi connectivity index (χ1v) is 12.9. The van der Waals surface area contributed by atoms with E-state index in [4.69, 9.17) is 4.74 Å². The Bertz CT molecular complexity index is 1030. The maximum Gasteiger partial charge on any atom is 0.337 e. The molecule has 2 N–H and O–H groups in total. The zero-order chi connectivity index (χ0) is 24.2. The molecule has 0 aromatic heterocycles. The van der Waals surface area contributed by atoms with Gasteiger partial charge in [-0.3, -0.25) is 4.79 Å². The molecule has 0 spiro atoms. The number of aliphatic hydroxyl groups excluding tert-OH is 1. The third kappa shape index (κ3) is 5.33. The summed E-state index contributed by atoms with van der Waals surface area (Å²) in [7, 11) is -2.45. The first kappa shape index (κ1) is 25.0. The SMILES string of the molecule is COC(=O)C1=C(Nc2cc(N3CCCCCC3)ccc2S(=O)(=O)C(C)C)C(=O)N(CCO)C1. The molecule has 0 unspecified atom stereocenters. The summed E-state index contributed by atoms with van der Waals surface area (Å²) in [6.45, 7) is 4.71. The van der Waals surface area contributed by atoms with Crippen molar-refractivity contribution in [1.82, 2.24) is 4.90 Å². The zero-order valence-electron chi connectivity index (χ0n) is 19.5. The van der Waals surface area contributed by atoms with Crippen molar-refractivity contribution in [2.75, 3.05) is 50.1 Å². The number of carbonyl (C=O) groups is 2. The number of β-amino-alcohol motifs (C(OH)–C–C–N with tert-alkyl or cyclic N) is 1. The van der Waals surface area contributed by atoms with Crippen LogP contribution in [0.5, 0.6) is 0 Å². The number of esters is 1. The highest BCUT2D eigenvalue weighted by Gasteiger charge is 2.35. The number of benzene rings is 1. The van der Waals surface area contributed by atoms with Crippen molar-refractivity contribution in [1.29, 1.82) is 0 Å². The zero-order valence-corrected chi connectivity index (χ0v) is 20.3. The molecule has 182 valence electrons. The fourth-order valence-corrected chi connectivity index (χ4v) is 5.31. The summed E-state index contributed by atoms with van der Waals surface area (Å²) in [5.41, 5.74) is 1.19. The van der Waals surface area contributed by atoms with E-state index < -0.39 is 27.0 Å². The number of hydrogen-bond acceptors (Lipinski definition) is 8. The van der Waals surface area contributed by atoms with Crippen LogP contribution in [0.1, 0.15) is 39.5 Å². The highest BCUT2D eigenvalue weighted by atomic mass is 32.2. The molecule has 0 radical (unpaired) electrons. The number of nitrogens with zero attached hydrogens (tertiary/aromatic N) is 2. The van der Waals surface area contributed by atoms with Crippen LogP contribution in [0, 0.1) is 0 Å². The van der Waals surface area contributed by atoms with E-state index in [0.717, 1.165) is 44.5 Å². The molecule has 0 aliphatic carbocycles. The van der Waals surface area contributed by atoms with E-state index in [1.54, 1.807) is 32.0 Å². The normalized spacial score (nSPS) is 17.5. The largest absolute Gasteiger partial charge is 0.466 e. The molecular formula is C23H33N3O6S. The van der Waals surface area contributed by atoms with Gasteiger partial charge in [0.1, 0.15) is 5.70 Å². The Hall–Kier alpha value is -2.59. The maximum absolute atomic E-state index is 13.1. The van der Waals surface area contributed by atoms with E-state index in [1.165, 1.54) is 12.0 Å². The second kappa shape index (κ2) is 10.6. The van der Waals surface area contributed by atoms with Crippen molar-refractivity contribution in [3.05, 3.63) is 29.5 Å². The lowest BCUT2D eigenvalue weighted by atomic mass is 10.2. The summed E-state index contributed by atoms with van der Waals surface area (Å²) >= 11 is 0. The van der Waals surface area contributed by atoms with Crippen molar-refractivity contribution in [3.8, 4) is 0 Å². The van der Waals surface area contributed by atoms with Crippen molar-refractivity contribution >= 4 is 33.1 Å². The third-order valence-corrected chi connectivity index (χ3v) is 8.28. The number of ether oxygens (including phenoxy) is 1. The molecule has 0 atom stereocenters. The summed E-state index contributed by atoms with van der Waals surface area (Å²) in [4.78, 5) is 29.0. The summed E-state index contributed by atoms with van der Waals surface area (Å²) in [5, 5.41) is 11.6. The van der Waals surface area contributed by atoms with E-state index in [-0.39, 0.29) is 41.5 Å². The van der Waals surface area contributed by atoms with Crippen LogP contribution < -0.4 is 10.2 Å². The molecule has 2 aliphatic rings. The van der Waals surface area contributed by atoms with E-state index in [0.29, 0.717) is 0 Å². The van der Waals surface area contributed by atoms with Crippen LogP contribution in [-0.4, -0.2) is 75.4 Å². The molecule has 0 saturated carbocycles. The van der Waals surface area contributed by atoms with Crippen LogP contribution in [-0.2, 0) is 24.2 Å². The average Bonchev–Trinajstić information content (AvgIpc) is 2.97. The quantitative estimate of drug-likeness (QED) is 0.544. The molecule has 2 aliphatic heterocycles. The van der Waals surface area contributed by atoms with Crippen molar-refractivity contribution in [2.24, 2.45) is 0 Å². The highest BCUT2D eigenvalue weighted by molar-refractivity contribution is 7.92. The molecular weight excluding hydrogens is 446 g/mol. The van der Waals surface area contributed by atoms with Gasteiger partial charge in [-0.1, -0.05) is 12.8 Å². The van der Waals surface area contributed by atoms with E-state index in [1.807, 2.05) is 0 Å². The van der Waals surface area contributed by atoms with Crippen LogP contribution >= 0.6 is 0 Å². The van der Waals surface area contributed by atoms with Crippen molar-refractivity contribution in [3.63, 3.8) is 0 Å². The third-order valence-electron chi connectivity index (χ3n) is 6.07. The predicted molar refractivity (Wildman–Crippen MR) is 126 cm³/mol. The van der Waals surface area contributed by atoms with Gasteiger partial charge in [0.2, 0.25) is 0 Å². The minimum atomic E-state index is -3.67. The number of amides is 1. The molecule has 1 saturated heterocycles. The smallest absolute Gasteiger partial charge is 0.337 e. The molecule has 1 amide bonds. The predicted octanol–water partition coefficient (Wildman–Crippen LogP) is 1.92. The summed E-state index contributed by atoms with van der Waals surface area (Å²) in [5.74, 6) is -1.17. The molecule has 0 bridgehead atoms. The molecule has 1 fully saturated rings. The number of carbonyl (C=O) groups excluding carboxylic acids is 2. The van der Waals surface area contributed by atoms with Crippen LogP contribution in [0.3, 0.4) is 0 Å². The van der Waals surface area contributed by atoms with Crippen LogP contribution in [0.4, 0.5) is 11.4 Å². The Balaban J connectivity index is 2.08. The lowest BCUT2D eigenvalue weighted by molar-refractivity contribution is -0.136. The first-order valence-electron chi connectivity index (χ1n) is 11.3. The van der Waals surface area contributed by atoms with E-state index >= 15 is 0 Å². The number of anilines is 2. The molecule has 1 aromatic carbocycles. The van der Waals surface area contributed by atoms with Crippen molar-refractivity contribution < 1.29 is 27.9 Å². The second-order valence-electron chi connectivity index (χ2n) is 8.60. The van der Waals surface area contributed by atoms with Gasteiger partial charge in [0.15, 0.2) is 9.84 Å². The Morgan fingerprint density at radius 2 is 1.85 bits per heavy atom. The second-order valence-corrected chi connectivity index (χ2v) is 11.1. The highest BCUT2D eigenvalue weighted by Crippen LogP contribution is 2.33. The molecule has 1 aromatic rings. The first-order chi connectivity index (χ1) is 15.7. The van der Waals surface area contributed by atoms with Gasteiger partial charge in [-0.15, -0.1) is 0 Å². The topological polar surface area (TPSA) is 116 Å². The summed E-state index contributed by atoms with van der Waals surface area (Å²) in [6.07, 6.45) is 4.43. The maximum atomic E-state index is 13.1. The molecule has 2 heterocycles. The van der Waals surface area contributed by atoms with E-state index in [2.05, 4.69) is 10.2 Å². The summed E-state index contributed by atoms with van der Waals surface area (Å²) in [6, 6.07) is 5.11. The van der Waals surface area contributed by atoms with Gasteiger partial charge < -0.3 is 25.0 Å². The fraction of sp³-hybridized carbons (Fsp3) is 0.565. The number of nitrogens with one attached hydrogen (secondary N) is 1. The number of aliphatic hydroxyl groups is 1. The Morgan fingerprint density at radius 3 is 2.42 bits per heavy atom. The van der Waals surface area contributed by atoms with Gasteiger partial charge in [0.05, 0.1) is 41.7 Å². The van der Waals surface area contributed by atoms with Gasteiger partial charge in [0.25, 0.3) is 5.91 Å². The van der Waals surface area contributed by atoms with Gasteiger partial charge in [-0.2, -0.15) is 0 Å². The number of hydrogen-bond donors (Lipinski definition) is 2. The Morgan fingerprint density at radius 1 is 1.18 bits per heavy atom. The van der Waals surface area contributed by atoms with Crippen LogP contribution in [0.2, 0.25) is 0 Å². The Labute approximate surface area is 195 Å². The standard InChI is InChI=1S/C23H33N3O6S/c1-16(2)33(30,31)20-9-8-17(25-10-6-4-5-7-11-25)14-19(20)24-21-18(23(29)32-3)15-26(12-13-27)22(21)28/h8-9,14,16,24,27H,4-7,10-13,15H2,1-3H3. The van der Waals surface area contributed by atoms with E-state index in [9.17, 15) is 23.1 Å². The lowest BCUT2D eigenvalue weighted by Crippen LogP contribution is -2.31. The monoisotopic (exact) mass is 479 g/mol. The minimum Gasteiger partial charge on any atom is -0.466 e. The number of rotatable bonds is 8. The molecule has 10 heteroatoms. The summed E-state index contributed by atoms with van der Waals surface area (Å²) < 4.78 is 31.0.